The fourth-order valence-corrected chi connectivity index (χ4v) is 12.3. The SMILES string of the molecule is CC1(C)CC(Nc2ncc(-c3ccc(-c4cn5ccncc5n4)cc3O)nn2)CC(C)(C)N1.CNC1CCN(c2ncc(-c3ccc(-c4ncco4)cc3O)nn2)C1.Oc1cc(-c2cn[nH]c2)ccc1-c1cnc(N2CCC(NC3CCCC3)C2)nn1. The van der Waals surface area contributed by atoms with Crippen molar-refractivity contribution in [3.05, 3.63) is 123 Å². The fourth-order valence-electron chi connectivity index (χ4n) is 12.3. The van der Waals surface area contributed by atoms with Crippen molar-refractivity contribution in [2.45, 2.75) is 114 Å². The molecule has 25 nitrogen and oxygen atoms in total. The molecule has 3 aromatic carbocycles. The van der Waals surface area contributed by atoms with Crippen LogP contribution in [0.2, 0.25) is 0 Å². The average Bonchev–Trinajstić information content (AvgIpc) is 3.55. The zero-order chi connectivity index (χ0) is 60.1. The molecule has 4 fully saturated rings. The molecular weight excluding hydrogens is 1100 g/mol. The van der Waals surface area contributed by atoms with Gasteiger partial charge in [0.1, 0.15) is 40.6 Å². The second-order valence-electron chi connectivity index (χ2n) is 23.9. The van der Waals surface area contributed by atoms with Gasteiger partial charge in [0.2, 0.25) is 23.7 Å². The summed E-state index contributed by atoms with van der Waals surface area (Å²) in [5.41, 5.74) is 8.18. The number of imidazole rings is 1. The lowest BCUT2D eigenvalue weighted by Crippen LogP contribution is -2.60. The fraction of sp³-hybridized carbons (Fsp3) is 0.371. The van der Waals surface area contributed by atoms with E-state index in [-0.39, 0.29) is 34.4 Å². The normalized spacial score (nSPS) is 18.3. The minimum absolute atomic E-state index is 0.0255. The van der Waals surface area contributed by atoms with Crippen LogP contribution in [0.25, 0.3) is 73.3 Å². The number of phenolic OH excluding ortho intramolecular Hbond substituents is 3. The van der Waals surface area contributed by atoms with Crippen LogP contribution in [0.5, 0.6) is 17.2 Å². The third-order valence-electron chi connectivity index (χ3n) is 16.3. The number of rotatable bonds is 13. The highest BCUT2D eigenvalue weighted by atomic mass is 16.3. The van der Waals surface area contributed by atoms with E-state index in [1.54, 1.807) is 73.8 Å². The maximum atomic E-state index is 10.7. The molecule has 1 saturated carbocycles. The first-order valence-electron chi connectivity index (χ1n) is 29.4. The smallest absolute Gasteiger partial charge is 0.245 e. The first kappa shape index (κ1) is 57.8. The minimum Gasteiger partial charge on any atom is -0.507 e. The van der Waals surface area contributed by atoms with Crippen molar-refractivity contribution >= 4 is 23.5 Å². The molecule has 1 aliphatic carbocycles. The Labute approximate surface area is 502 Å². The van der Waals surface area contributed by atoms with Gasteiger partial charge in [0.15, 0.2) is 5.65 Å². The van der Waals surface area contributed by atoms with Gasteiger partial charge in [-0.1, -0.05) is 25.0 Å². The van der Waals surface area contributed by atoms with Crippen LogP contribution in [0, 0.1) is 0 Å². The number of hydrogen-bond acceptors (Lipinski definition) is 23. The van der Waals surface area contributed by atoms with Gasteiger partial charge in [-0.15, -0.1) is 30.6 Å². The van der Waals surface area contributed by atoms with E-state index < -0.39 is 0 Å². The van der Waals surface area contributed by atoms with Crippen LogP contribution in [0.3, 0.4) is 0 Å². The number of aromatic hydroxyl groups is 3. The van der Waals surface area contributed by atoms with E-state index in [9.17, 15) is 15.3 Å². The number of hydrogen-bond donors (Lipinski definition) is 8. The molecule has 14 rings (SSSR count). The highest BCUT2D eigenvalue weighted by molar-refractivity contribution is 5.75. The number of anilines is 3. The molecule has 448 valence electrons. The number of aromatic amines is 1. The molecular formula is C62H71N21O4. The molecule has 7 aromatic heterocycles. The van der Waals surface area contributed by atoms with E-state index in [1.165, 1.54) is 31.9 Å². The summed E-state index contributed by atoms with van der Waals surface area (Å²) >= 11 is 0. The first-order valence-corrected chi connectivity index (χ1v) is 29.4. The van der Waals surface area contributed by atoms with E-state index in [2.05, 4.69) is 129 Å². The predicted molar refractivity (Wildman–Crippen MR) is 329 cm³/mol. The lowest BCUT2D eigenvalue weighted by molar-refractivity contribution is 0.170. The van der Waals surface area contributed by atoms with Gasteiger partial charge in [-0.25, -0.2) is 24.9 Å². The molecule has 0 radical (unpaired) electrons. The number of benzene rings is 3. The van der Waals surface area contributed by atoms with Gasteiger partial charge in [-0.3, -0.25) is 10.1 Å². The van der Waals surface area contributed by atoms with E-state index in [0.29, 0.717) is 81.2 Å². The van der Waals surface area contributed by atoms with Gasteiger partial charge >= 0.3 is 0 Å². The molecule has 87 heavy (non-hydrogen) atoms. The van der Waals surface area contributed by atoms with Crippen molar-refractivity contribution in [1.29, 1.82) is 0 Å². The summed E-state index contributed by atoms with van der Waals surface area (Å²) in [6.45, 7) is 12.5. The molecule has 2 atom stereocenters. The summed E-state index contributed by atoms with van der Waals surface area (Å²) in [5.74, 6) is 2.53. The quantitative estimate of drug-likeness (QED) is 0.0540. The van der Waals surface area contributed by atoms with E-state index >= 15 is 0 Å². The summed E-state index contributed by atoms with van der Waals surface area (Å²) in [5, 5.41) is 77.9. The molecule has 10 heterocycles. The molecule has 3 aliphatic heterocycles. The Morgan fingerprint density at radius 2 is 1.18 bits per heavy atom. The van der Waals surface area contributed by atoms with Crippen LogP contribution in [0.4, 0.5) is 17.8 Å². The maximum absolute atomic E-state index is 10.7. The zero-order valence-corrected chi connectivity index (χ0v) is 49.2. The number of oxazole rings is 1. The third kappa shape index (κ3) is 13.8. The standard InChI is InChI=1S/C24H28N8O.C21H25N7O.C17H18N6O2/c1-23(2)10-16(11-24(3,4)31-23)27-22-26-12-18(29-30-22)17-6-5-15(9-20(17)33)19-14-32-8-7-25-13-21(32)28-19;29-20-9-14(15-10-23-24-11-15)5-6-18(20)19-12-22-21(27-26-19)28-8-7-17(13-28)25-16-3-1-2-4-16;1-18-12-4-6-23(10-12)17-20-9-14(21-22-17)13-3-2-11(8-15(13)24)16-19-5-7-25-16/h5-9,12-14,16,31,33H,10-11H2,1-4H3,(H,26,27,30);5-6,9-12,16-17,25,29H,1-4,7-8,13H2,(H,23,24);2-3,5,7-9,12,18,24H,4,6,10H2,1H3. The molecule has 0 spiro atoms. The van der Waals surface area contributed by atoms with E-state index in [0.717, 1.165) is 79.9 Å². The van der Waals surface area contributed by atoms with Crippen LogP contribution < -0.4 is 31.1 Å². The van der Waals surface area contributed by atoms with Crippen molar-refractivity contribution in [2.24, 2.45) is 0 Å². The lowest BCUT2D eigenvalue weighted by Gasteiger charge is -2.46. The summed E-state index contributed by atoms with van der Waals surface area (Å²) in [6, 6.07) is 17.9. The van der Waals surface area contributed by atoms with Crippen LogP contribution in [-0.4, -0.2) is 159 Å². The topological polar surface area (TPSA) is 316 Å². The van der Waals surface area contributed by atoms with Gasteiger partial charge in [-0.05, 0) is 121 Å². The highest BCUT2D eigenvalue weighted by Crippen LogP contribution is 2.36. The van der Waals surface area contributed by atoms with Crippen molar-refractivity contribution in [2.75, 3.05) is 48.3 Å². The second-order valence-corrected chi connectivity index (χ2v) is 23.9. The van der Waals surface area contributed by atoms with Crippen LogP contribution in [-0.2, 0) is 0 Å². The summed E-state index contributed by atoms with van der Waals surface area (Å²) in [6.07, 6.45) is 28.0. The van der Waals surface area contributed by atoms with Crippen LogP contribution in [0.15, 0.2) is 127 Å². The summed E-state index contributed by atoms with van der Waals surface area (Å²) < 4.78 is 7.13. The van der Waals surface area contributed by atoms with Gasteiger partial charge in [0.25, 0.3) is 0 Å². The monoisotopic (exact) mass is 1170 g/mol. The van der Waals surface area contributed by atoms with Crippen LogP contribution >= 0.6 is 0 Å². The predicted octanol–water partition coefficient (Wildman–Crippen LogP) is 8.12. The Hall–Kier alpha value is -9.59. The van der Waals surface area contributed by atoms with Gasteiger partial charge in [0, 0.05) is 120 Å². The number of nitrogens with zero attached hydrogens (tertiary/aromatic N) is 16. The van der Waals surface area contributed by atoms with Crippen molar-refractivity contribution in [3.8, 4) is 84.9 Å². The number of likely N-dealkylation sites (N-methyl/N-ethyl adjacent to an activating group) is 1. The van der Waals surface area contributed by atoms with E-state index in [4.69, 9.17) is 4.42 Å². The Morgan fingerprint density at radius 1 is 0.586 bits per heavy atom. The van der Waals surface area contributed by atoms with Gasteiger partial charge in [-0.2, -0.15) is 5.10 Å². The largest absolute Gasteiger partial charge is 0.507 e. The van der Waals surface area contributed by atoms with Gasteiger partial charge < -0.3 is 55.2 Å². The van der Waals surface area contributed by atoms with Gasteiger partial charge in [0.05, 0.1) is 42.9 Å². The zero-order valence-electron chi connectivity index (χ0n) is 49.2. The lowest BCUT2D eigenvalue weighted by atomic mass is 9.80. The number of H-pyrrole nitrogens is 1. The van der Waals surface area contributed by atoms with Crippen molar-refractivity contribution in [3.63, 3.8) is 0 Å². The number of fused-ring (bicyclic) bond motifs is 1. The Kier molecular flexibility index (Phi) is 16.7. The molecule has 10 aromatic rings. The number of aromatic nitrogens is 15. The first-order chi connectivity index (χ1) is 42.2. The molecule has 2 unspecified atom stereocenters. The minimum atomic E-state index is 0.0255. The highest BCUT2D eigenvalue weighted by Gasteiger charge is 2.38. The third-order valence-corrected chi connectivity index (χ3v) is 16.3. The van der Waals surface area contributed by atoms with Crippen molar-refractivity contribution in [1.82, 2.24) is 91.0 Å². The average molecular weight is 1170 g/mol. The molecule has 4 aliphatic rings. The van der Waals surface area contributed by atoms with Crippen molar-refractivity contribution < 1.29 is 19.7 Å². The maximum Gasteiger partial charge on any atom is 0.245 e. The molecule has 8 N–H and O–H groups in total. The number of piperidine rings is 1. The molecule has 0 amide bonds. The molecule has 3 saturated heterocycles. The number of nitrogens with one attached hydrogen (secondary N) is 5. The van der Waals surface area contributed by atoms with E-state index in [1.807, 2.05) is 54.2 Å². The van der Waals surface area contributed by atoms with Crippen LogP contribution in [0.1, 0.15) is 79.1 Å². The molecule has 0 bridgehead atoms. The second kappa shape index (κ2) is 25.2. The Morgan fingerprint density at radius 3 is 1.74 bits per heavy atom. The summed E-state index contributed by atoms with van der Waals surface area (Å²) in [7, 11) is 1.96. The molecule has 25 heteroatoms. The Bertz CT molecular complexity index is 3850. The summed E-state index contributed by atoms with van der Waals surface area (Å²) in [4.78, 5) is 30.4. The Balaban J connectivity index is 0.000000129. The number of phenols is 3.